The zero-order chi connectivity index (χ0) is 18.4. The van der Waals surface area contributed by atoms with E-state index in [9.17, 15) is 9.59 Å². The normalized spacial score (nSPS) is 15.0. The number of benzene rings is 2. The molecule has 1 aliphatic rings. The van der Waals surface area contributed by atoms with Crippen LogP contribution in [-0.2, 0) is 11.3 Å². The molecular formula is C21H25N3O2. The van der Waals surface area contributed by atoms with Gasteiger partial charge in [-0.3, -0.25) is 4.79 Å². The minimum absolute atomic E-state index is 0.205. The number of hydrogen-bond acceptors (Lipinski definition) is 2. The van der Waals surface area contributed by atoms with Crippen LogP contribution in [0.1, 0.15) is 36.8 Å². The number of amides is 3. The highest BCUT2D eigenvalue weighted by atomic mass is 16.2. The number of hydrogen-bond donors (Lipinski definition) is 2. The Balaban J connectivity index is 1.51. The molecule has 0 aromatic heterocycles. The number of urea groups is 1. The summed E-state index contributed by atoms with van der Waals surface area (Å²) in [5.41, 5.74) is 2.96. The van der Waals surface area contributed by atoms with Gasteiger partial charge in [0.2, 0.25) is 5.91 Å². The Bertz CT molecular complexity index is 761. The van der Waals surface area contributed by atoms with E-state index in [4.69, 9.17) is 0 Å². The van der Waals surface area contributed by atoms with Crippen LogP contribution in [0.25, 0.3) is 0 Å². The van der Waals surface area contributed by atoms with Gasteiger partial charge in [0.1, 0.15) is 0 Å². The van der Waals surface area contributed by atoms with Gasteiger partial charge in [-0.1, -0.05) is 49.4 Å². The van der Waals surface area contributed by atoms with Crippen molar-refractivity contribution < 1.29 is 9.59 Å². The number of carbonyl (C=O) groups excluding carboxylic acids is 2. The van der Waals surface area contributed by atoms with E-state index >= 15 is 0 Å². The van der Waals surface area contributed by atoms with E-state index < -0.39 is 0 Å². The molecule has 2 N–H and O–H groups in total. The predicted molar refractivity (Wildman–Crippen MR) is 103 cm³/mol. The highest BCUT2D eigenvalue weighted by Crippen LogP contribution is 2.17. The van der Waals surface area contributed by atoms with Gasteiger partial charge >= 0.3 is 6.03 Å². The first-order chi connectivity index (χ1) is 12.6. The molecule has 5 heteroatoms. The van der Waals surface area contributed by atoms with E-state index in [1.807, 2.05) is 47.4 Å². The van der Waals surface area contributed by atoms with Crippen LogP contribution in [0.15, 0.2) is 54.6 Å². The summed E-state index contributed by atoms with van der Waals surface area (Å²) in [7, 11) is 0. The summed E-state index contributed by atoms with van der Waals surface area (Å²) in [5, 5.41) is 5.79. The Morgan fingerprint density at radius 2 is 1.96 bits per heavy atom. The molecule has 1 atom stereocenters. The molecule has 2 aromatic carbocycles. The van der Waals surface area contributed by atoms with Gasteiger partial charge in [0.15, 0.2) is 0 Å². The van der Waals surface area contributed by atoms with Gasteiger partial charge < -0.3 is 15.5 Å². The number of likely N-dealkylation sites (tertiary alicyclic amines) is 1. The maximum Gasteiger partial charge on any atom is 0.319 e. The minimum Gasteiger partial charge on any atom is -0.338 e. The summed E-state index contributed by atoms with van der Waals surface area (Å²) >= 11 is 0. The molecule has 1 saturated heterocycles. The summed E-state index contributed by atoms with van der Waals surface area (Å²) in [6, 6.07) is 17.6. The second kappa shape index (κ2) is 8.52. The topological polar surface area (TPSA) is 61.4 Å². The fourth-order valence-corrected chi connectivity index (χ4v) is 3.16. The fraction of sp³-hybridized carbons (Fsp3) is 0.333. The van der Waals surface area contributed by atoms with Crippen molar-refractivity contribution in [3.8, 4) is 0 Å². The molecule has 3 amide bonds. The van der Waals surface area contributed by atoms with E-state index in [1.165, 1.54) is 5.56 Å². The third-order valence-corrected chi connectivity index (χ3v) is 4.67. The summed E-state index contributed by atoms with van der Waals surface area (Å²) in [5.74, 6) is 0.450. The average Bonchev–Trinajstić information content (AvgIpc) is 3.05. The second-order valence-corrected chi connectivity index (χ2v) is 6.77. The summed E-state index contributed by atoms with van der Waals surface area (Å²) in [6.45, 7) is 4.07. The molecular weight excluding hydrogens is 326 g/mol. The third kappa shape index (κ3) is 4.85. The van der Waals surface area contributed by atoms with Crippen molar-refractivity contribution in [2.75, 3.05) is 18.4 Å². The monoisotopic (exact) mass is 351 g/mol. The Morgan fingerprint density at radius 1 is 1.15 bits per heavy atom. The fourth-order valence-electron chi connectivity index (χ4n) is 3.16. The number of nitrogens with zero attached hydrogens (tertiary/aromatic N) is 1. The SMILES string of the molecule is CC(CNC(=O)Nc1cccc(CN2CCCC2=O)c1)c1ccccc1. The number of rotatable bonds is 6. The molecule has 1 unspecified atom stereocenters. The van der Waals surface area contributed by atoms with Gasteiger partial charge in [0, 0.05) is 31.7 Å². The second-order valence-electron chi connectivity index (χ2n) is 6.77. The zero-order valence-corrected chi connectivity index (χ0v) is 15.1. The average molecular weight is 351 g/mol. The minimum atomic E-state index is -0.220. The number of nitrogens with one attached hydrogen (secondary N) is 2. The molecule has 0 aliphatic carbocycles. The molecule has 0 radical (unpaired) electrons. The Kier molecular flexibility index (Phi) is 5.89. The maximum absolute atomic E-state index is 12.2. The quantitative estimate of drug-likeness (QED) is 0.833. The molecule has 5 nitrogen and oxygen atoms in total. The van der Waals surface area contributed by atoms with Crippen LogP contribution in [0.4, 0.5) is 10.5 Å². The van der Waals surface area contributed by atoms with E-state index in [1.54, 1.807) is 0 Å². The van der Waals surface area contributed by atoms with Gasteiger partial charge in [-0.25, -0.2) is 4.79 Å². The van der Waals surface area contributed by atoms with E-state index in [2.05, 4.69) is 29.7 Å². The molecule has 1 fully saturated rings. The lowest BCUT2D eigenvalue weighted by atomic mass is 10.0. The van der Waals surface area contributed by atoms with Crippen LogP contribution >= 0.6 is 0 Å². The molecule has 1 aliphatic heterocycles. The van der Waals surface area contributed by atoms with Crippen LogP contribution in [0, 0.1) is 0 Å². The molecule has 0 saturated carbocycles. The Hall–Kier alpha value is -2.82. The molecule has 0 bridgehead atoms. The molecule has 2 aromatic rings. The lowest BCUT2D eigenvalue weighted by Crippen LogP contribution is -2.31. The van der Waals surface area contributed by atoms with Crippen LogP contribution < -0.4 is 10.6 Å². The highest BCUT2D eigenvalue weighted by molar-refractivity contribution is 5.89. The van der Waals surface area contributed by atoms with Crippen molar-refractivity contribution >= 4 is 17.6 Å². The van der Waals surface area contributed by atoms with Gasteiger partial charge in [0.05, 0.1) is 0 Å². The number of anilines is 1. The van der Waals surface area contributed by atoms with E-state index in [0.717, 1.165) is 24.2 Å². The summed E-state index contributed by atoms with van der Waals surface area (Å²) in [6.07, 6.45) is 1.57. The van der Waals surface area contributed by atoms with Crippen LogP contribution in [-0.4, -0.2) is 29.9 Å². The van der Waals surface area contributed by atoms with Crippen LogP contribution in [0.3, 0.4) is 0 Å². The molecule has 0 spiro atoms. The summed E-state index contributed by atoms with van der Waals surface area (Å²) < 4.78 is 0. The Morgan fingerprint density at radius 3 is 2.69 bits per heavy atom. The first-order valence-electron chi connectivity index (χ1n) is 9.08. The predicted octanol–water partition coefficient (Wildman–Crippen LogP) is 3.73. The van der Waals surface area contributed by atoms with Crippen molar-refractivity contribution in [3.63, 3.8) is 0 Å². The zero-order valence-electron chi connectivity index (χ0n) is 15.1. The highest BCUT2D eigenvalue weighted by Gasteiger charge is 2.20. The number of carbonyl (C=O) groups is 2. The smallest absolute Gasteiger partial charge is 0.319 e. The first-order valence-corrected chi connectivity index (χ1v) is 9.08. The molecule has 3 rings (SSSR count). The molecule has 136 valence electrons. The standard InChI is InChI=1S/C21H25N3O2/c1-16(18-8-3-2-4-9-18)14-22-21(26)23-19-10-5-7-17(13-19)15-24-12-6-11-20(24)25/h2-5,7-10,13,16H,6,11-12,14-15H2,1H3,(H2,22,23,26). The van der Waals surface area contributed by atoms with Gasteiger partial charge in [-0.05, 0) is 35.6 Å². The summed E-state index contributed by atoms with van der Waals surface area (Å²) in [4.78, 5) is 25.8. The van der Waals surface area contributed by atoms with Crippen molar-refractivity contribution in [1.82, 2.24) is 10.2 Å². The van der Waals surface area contributed by atoms with Crippen molar-refractivity contribution in [1.29, 1.82) is 0 Å². The first kappa shape index (κ1) is 18.0. The van der Waals surface area contributed by atoms with E-state index in [-0.39, 0.29) is 17.9 Å². The van der Waals surface area contributed by atoms with Gasteiger partial charge in [0.25, 0.3) is 0 Å². The maximum atomic E-state index is 12.2. The third-order valence-electron chi connectivity index (χ3n) is 4.67. The van der Waals surface area contributed by atoms with Crippen molar-refractivity contribution in [3.05, 3.63) is 65.7 Å². The lowest BCUT2D eigenvalue weighted by Gasteiger charge is -2.17. The van der Waals surface area contributed by atoms with Crippen molar-refractivity contribution in [2.24, 2.45) is 0 Å². The largest absolute Gasteiger partial charge is 0.338 e. The Labute approximate surface area is 154 Å². The van der Waals surface area contributed by atoms with Crippen molar-refractivity contribution in [2.45, 2.75) is 32.2 Å². The van der Waals surface area contributed by atoms with Gasteiger partial charge in [-0.15, -0.1) is 0 Å². The van der Waals surface area contributed by atoms with E-state index in [0.29, 0.717) is 19.5 Å². The molecule has 1 heterocycles. The van der Waals surface area contributed by atoms with Crippen LogP contribution in [0.5, 0.6) is 0 Å². The molecule has 26 heavy (non-hydrogen) atoms. The van der Waals surface area contributed by atoms with Crippen LogP contribution in [0.2, 0.25) is 0 Å². The van der Waals surface area contributed by atoms with Gasteiger partial charge in [-0.2, -0.15) is 0 Å². The lowest BCUT2D eigenvalue weighted by molar-refractivity contribution is -0.128.